The minimum absolute atomic E-state index is 0.161. The molecule has 5 heteroatoms. The van der Waals surface area contributed by atoms with E-state index >= 15 is 0 Å². The first kappa shape index (κ1) is 16.6. The second-order valence-electron chi connectivity index (χ2n) is 5.14. The monoisotopic (exact) mass is 281 g/mol. The Morgan fingerprint density at radius 1 is 1.10 bits per heavy atom. The first-order valence-corrected chi connectivity index (χ1v) is 6.79. The number of hydroxylamine groups is 2. The molecule has 0 heterocycles. The van der Waals surface area contributed by atoms with Crippen molar-refractivity contribution in [3.05, 3.63) is 35.9 Å². The van der Waals surface area contributed by atoms with Crippen molar-refractivity contribution in [1.82, 2.24) is 5.23 Å². The predicted molar refractivity (Wildman–Crippen MR) is 75.9 cm³/mol. The molecule has 1 aromatic rings. The molecule has 0 spiro atoms. The van der Waals surface area contributed by atoms with Gasteiger partial charge in [0.15, 0.2) is 6.04 Å². The Morgan fingerprint density at radius 3 is 2.00 bits per heavy atom. The molecule has 0 aliphatic carbocycles. The molecule has 20 heavy (non-hydrogen) atoms. The normalized spacial score (nSPS) is 13.2. The molecule has 0 saturated heterocycles. The Morgan fingerprint density at radius 2 is 1.60 bits per heavy atom. The van der Waals surface area contributed by atoms with Crippen molar-refractivity contribution in [3.63, 3.8) is 0 Å². The second kappa shape index (κ2) is 7.99. The van der Waals surface area contributed by atoms with Gasteiger partial charge in [-0.05, 0) is 33.3 Å². The van der Waals surface area contributed by atoms with Crippen LogP contribution in [0.2, 0.25) is 0 Å². The SMILES string of the molecule is CC(C)ON(OC(C)C)C(Cc1ccccc1)C(=O)O. The van der Waals surface area contributed by atoms with Crippen molar-refractivity contribution in [1.29, 1.82) is 0 Å². The highest BCUT2D eigenvalue weighted by atomic mass is 17.0. The summed E-state index contributed by atoms with van der Waals surface area (Å²) in [7, 11) is 0. The smallest absolute Gasteiger partial charge is 0.326 e. The molecule has 1 atom stereocenters. The van der Waals surface area contributed by atoms with E-state index in [1.54, 1.807) is 0 Å². The van der Waals surface area contributed by atoms with Gasteiger partial charge in [-0.2, -0.15) is 0 Å². The van der Waals surface area contributed by atoms with Crippen LogP contribution in [0.3, 0.4) is 0 Å². The summed E-state index contributed by atoms with van der Waals surface area (Å²) < 4.78 is 0. The molecule has 0 fully saturated rings. The summed E-state index contributed by atoms with van der Waals surface area (Å²) in [6.45, 7) is 7.33. The largest absolute Gasteiger partial charge is 0.480 e. The Balaban J connectivity index is 2.86. The van der Waals surface area contributed by atoms with Crippen LogP contribution < -0.4 is 0 Å². The molecule has 0 radical (unpaired) electrons. The Hall–Kier alpha value is -1.43. The highest BCUT2D eigenvalue weighted by Gasteiger charge is 2.29. The van der Waals surface area contributed by atoms with E-state index in [9.17, 15) is 9.90 Å². The molecule has 1 N–H and O–H groups in total. The minimum Gasteiger partial charge on any atom is -0.480 e. The van der Waals surface area contributed by atoms with Crippen LogP contribution in [0, 0.1) is 0 Å². The summed E-state index contributed by atoms with van der Waals surface area (Å²) in [6, 6.07) is 8.54. The summed E-state index contributed by atoms with van der Waals surface area (Å²) in [5.74, 6) is -0.977. The van der Waals surface area contributed by atoms with Gasteiger partial charge in [0.2, 0.25) is 0 Å². The number of carboxylic acids is 1. The number of aliphatic carboxylic acids is 1. The lowest BCUT2D eigenvalue weighted by Gasteiger charge is -2.29. The second-order valence-corrected chi connectivity index (χ2v) is 5.14. The van der Waals surface area contributed by atoms with Gasteiger partial charge in [0.05, 0.1) is 12.2 Å². The fraction of sp³-hybridized carbons (Fsp3) is 0.533. The van der Waals surface area contributed by atoms with Crippen molar-refractivity contribution in [2.75, 3.05) is 0 Å². The molecule has 1 rings (SSSR count). The van der Waals surface area contributed by atoms with Crippen LogP contribution in [0.5, 0.6) is 0 Å². The summed E-state index contributed by atoms with van der Waals surface area (Å²) >= 11 is 0. The molecule has 112 valence electrons. The van der Waals surface area contributed by atoms with Crippen LogP contribution in [-0.2, 0) is 20.9 Å². The van der Waals surface area contributed by atoms with Crippen molar-refractivity contribution >= 4 is 5.97 Å². The highest BCUT2D eigenvalue weighted by Crippen LogP contribution is 2.14. The standard InChI is InChI=1S/C15H23NO4/c1-11(2)19-16(20-12(3)4)14(15(17)18)10-13-8-6-5-7-9-13/h5-9,11-12,14H,10H2,1-4H3,(H,17,18). The van der Waals surface area contributed by atoms with E-state index in [4.69, 9.17) is 9.68 Å². The van der Waals surface area contributed by atoms with Crippen LogP contribution in [0.15, 0.2) is 30.3 Å². The Labute approximate surface area is 120 Å². The fourth-order valence-electron chi connectivity index (χ4n) is 1.68. The van der Waals surface area contributed by atoms with Gasteiger partial charge in [0, 0.05) is 6.42 Å². The lowest BCUT2D eigenvalue weighted by Crippen LogP contribution is -2.45. The van der Waals surface area contributed by atoms with Gasteiger partial charge in [0.25, 0.3) is 0 Å². The number of hydrogen-bond donors (Lipinski definition) is 1. The van der Waals surface area contributed by atoms with Crippen molar-refractivity contribution < 1.29 is 19.6 Å². The highest BCUT2D eigenvalue weighted by molar-refractivity contribution is 5.73. The van der Waals surface area contributed by atoms with Crippen LogP contribution in [0.4, 0.5) is 0 Å². The molecular weight excluding hydrogens is 258 g/mol. The minimum atomic E-state index is -0.977. The average molecular weight is 281 g/mol. The van der Waals surface area contributed by atoms with E-state index in [-0.39, 0.29) is 12.2 Å². The lowest BCUT2D eigenvalue weighted by molar-refractivity contribution is -0.407. The third kappa shape index (κ3) is 5.69. The van der Waals surface area contributed by atoms with E-state index in [0.29, 0.717) is 6.42 Å². The van der Waals surface area contributed by atoms with Gasteiger partial charge < -0.3 is 5.11 Å². The maximum Gasteiger partial charge on any atom is 0.326 e. The van der Waals surface area contributed by atoms with Gasteiger partial charge in [-0.15, -0.1) is 0 Å². The Kier molecular flexibility index (Phi) is 6.64. The van der Waals surface area contributed by atoms with Crippen molar-refractivity contribution in [3.8, 4) is 0 Å². The number of nitrogens with zero attached hydrogens (tertiary/aromatic N) is 1. The number of carbonyl (C=O) groups is 1. The van der Waals surface area contributed by atoms with Crippen molar-refractivity contribution in [2.45, 2.75) is 52.4 Å². The third-order valence-electron chi connectivity index (χ3n) is 2.44. The van der Waals surface area contributed by atoms with Crippen LogP contribution in [0.1, 0.15) is 33.3 Å². The van der Waals surface area contributed by atoms with Gasteiger partial charge in [-0.1, -0.05) is 35.6 Å². The zero-order valence-electron chi connectivity index (χ0n) is 12.4. The summed E-state index contributed by atoms with van der Waals surface area (Å²) in [5.41, 5.74) is 0.921. The molecule has 0 aliphatic rings. The van der Waals surface area contributed by atoms with E-state index in [0.717, 1.165) is 10.8 Å². The van der Waals surface area contributed by atoms with E-state index in [1.807, 2.05) is 58.0 Å². The van der Waals surface area contributed by atoms with E-state index in [2.05, 4.69) is 0 Å². The number of benzene rings is 1. The van der Waals surface area contributed by atoms with Crippen molar-refractivity contribution in [2.24, 2.45) is 0 Å². The topological polar surface area (TPSA) is 59.0 Å². The molecule has 0 bridgehead atoms. The summed E-state index contributed by atoms with van der Waals surface area (Å²) in [4.78, 5) is 22.5. The molecule has 0 aliphatic heterocycles. The first-order chi connectivity index (χ1) is 9.40. The van der Waals surface area contributed by atoms with E-state index < -0.39 is 12.0 Å². The van der Waals surface area contributed by atoms with Crippen LogP contribution in [-0.4, -0.2) is 34.6 Å². The third-order valence-corrected chi connectivity index (χ3v) is 2.44. The predicted octanol–water partition coefficient (Wildman–Crippen LogP) is 2.66. The number of hydrogen-bond acceptors (Lipinski definition) is 4. The molecule has 0 aromatic heterocycles. The van der Waals surface area contributed by atoms with Gasteiger partial charge in [0.1, 0.15) is 0 Å². The lowest BCUT2D eigenvalue weighted by atomic mass is 10.1. The van der Waals surface area contributed by atoms with Gasteiger partial charge in [-0.25, -0.2) is 0 Å². The molecular formula is C15H23NO4. The molecule has 1 unspecified atom stereocenters. The fourth-order valence-corrected chi connectivity index (χ4v) is 1.68. The van der Waals surface area contributed by atoms with Crippen LogP contribution in [0.25, 0.3) is 0 Å². The zero-order valence-corrected chi connectivity index (χ0v) is 12.4. The van der Waals surface area contributed by atoms with E-state index in [1.165, 1.54) is 0 Å². The van der Waals surface area contributed by atoms with Gasteiger partial charge in [-0.3, -0.25) is 14.5 Å². The van der Waals surface area contributed by atoms with Gasteiger partial charge >= 0.3 is 5.97 Å². The molecule has 5 nitrogen and oxygen atoms in total. The summed E-state index contributed by atoms with van der Waals surface area (Å²) in [6.07, 6.45) is -0.00644. The molecule has 0 saturated carbocycles. The zero-order chi connectivity index (χ0) is 15.1. The van der Waals surface area contributed by atoms with Crippen LogP contribution >= 0.6 is 0 Å². The number of rotatable bonds is 8. The summed E-state index contributed by atoms with van der Waals surface area (Å²) in [5, 5.41) is 10.5. The first-order valence-electron chi connectivity index (χ1n) is 6.79. The quantitative estimate of drug-likeness (QED) is 0.742. The Bertz CT molecular complexity index is 396. The number of carboxylic acid groups (broad SMARTS) is 1. The maximum atomic E-state index is 11.5. The average Bonchev–Trinajstić information content (AvgIpc) is 2.35. The molecule has 0 amide bonds. The molecule has 1 aromatic carbocycles. The maximum absolute atomic E-state index is 11.5.